The number of hydrogen-bond donors (Lipinski definition) is 0. The van der Waals surface area contributed by atoms with Crippen LogP contribution in [0.2, 0.25) is 5.15 Å². The zero-order valence-corrected chi connectivity index (χ0v) is 11.2. The fourth-order valence-corrected chi connectivity index (χ4v) is 1.90. The lowest BCUT2D eigenvalue weighted by Gasteiger charge is -2.06. The molecule has 0 aliphatic carbocycles. The summed E-state index contributed by atoms with van der Waals surface area (Å²) in [6.45, 7) is 1.41. The van der Waals surface area contributed by atoms with E-state index in [1.165, 1.54) is 10.9 Å². The third kappa shape index (κ3) is 2.95. The van der Waals surface area contributed by atoms with Crippen LogP contribution in [0.15, 0.2) is 34.3 Å². The molecule has 0 aliphatic rings. The van der Waals surface area contributed by atoms with Crippen LogP contribution in [0.1, 0.15) is 6.42 Å². The minimum atomic E-state index is -0.157. The topological polar surface area (TPSA) is 52.7 Å². The van der Waals surface area contributed by atoms with Crippen molar-refractivity contribution in [3.63, 3.8) is 0 Å². The predicted molar refractivity (Wildman–Crippen MR) is 68.1 cm³/mol. The van der Waals surface area contributed by atoms with E-state index < -0.39 is 0 Å². The average molecular weight is 318 g/mol. The summed E-state index contributed by atoms with van der Waals surface area (Å²) in [7, 11) is 0. The van der Waals surface area contributed by atoms with E-state index in [4.69, 9.17) is 11.6 Å². The van der Waals surface area contributed by atoms with Crippen LogP contribution in [0.25, 0.3) is 0 Å². The van der Waals surface area contributed by atoms with Crippen molar-refractivity contribution in [2.45, 2.75) is 19.5 Å². The molecule has 0 aliphatic heterocycles. The Labute approximate surface area is 111 Å². The first-order valence-corrected chi connectivity index (χ1v) is 6.22. The van der Waals surface area contributed by atoms with Crippen LogP contribution in [-0.2, 0) is 13.1 Å². The maximum absolute atomic E-state index is 11.8. The second-order valence-electron chi connectivity index (χ2n) is 3.50. The van der Waals surface area contributed by atoms with Gasteiger partial charge in [0.05, 0.1) is 12.7 Å². The Bertz CT molecular complexity index is 552. The number of rotatable bonds is 4. The number of aryl methyl sites for hydroxylation is 2. The molecule has 2 aromatic heterocycles. The van der Waals surface area contributed by atoms with Crippen molar-refractivity contribution >= 4 is 27.5 Å². The molecule has 2 heterocycles. The van der Waals surface area contributed by atoms with E-state index in [0.717, 1.165) is 13.0 Å². The van der Waals surface area contributed by atoms with Gasteiger partial charge in [-0.3, -0.25) is 9.36 Å². The highest BCUT2D eigenvalue weighted by molar-refractivity contribution is 9.10. The first-order valence-electron chi connectivity index (χ1n) is 5.04. The van der Waals surface area contributed by atoms with Crippen LogP contribution in [0, 0.1) is 0 Å². The largest absolute Gasteiger partial charge is 0.337 e. The van der Waals surface area contributed by atoms with E-state index in [1.807, 2.05) is 10.8 Å². The van der Waals surface area contributed by atoms with Gasteiger partial charge in [-0.05, 0) is 22.4 Å². The van der Waals surface area contributed by atoms with Gasteiger partial charge in [0, 0.05) is 25.5 Å². The number of imidazole rings is 1. The van der Waals surface area contributed by atoms with Gasteiger partial charge in [0.1, 0.15) is 4.47 Å². The zero-order valence-electron chi connectivity index (χ0n) is 8.88. The monoisotopic (exact) mass is 316 g/mol. The third-order valence-electron chi connectivity index (χ3n) is 2.31. The summed E-state index contributed by atoms with van der Waals surface area (Å²) in [6, 6.07) is 0. The minimum Gasteiger partial charge on any atom is -0.337 e. The van der Waals surface area contributed by atoms with Crippen LogP contribution in [0.4, 0.5) is 0 Å². The van der Waals surface area contributed by atoms with Crippen LogP contribution in [0.5, 0.6) is 0 Å². The highest BCUT2D eigenvalue weighted by Crippen LogP contribution is 2.13. The quantitative estimate of drug-likeness (QED) is 0.810. The van der Waals surface area contributed by atoms with E-state index in [2.05, 4.69) is 25.9 Å². The highest BCUT2D eigenvalue weighted by atomic mass is 79.9. The van der Waals surface area contributed by atoms with E-state index >= 15 is 0 Å². The molecule has 0 amide bonds. The SMILES string of the molecule is O=c1c(Br)c(Cl)ncn1CCCn1ccnc1. The smallest absolute Gasteiger partial charge is 0.269 e. The molecular weight excluding hydrogens is 307 g/mol. The Morgan fingerprint density at radius 3 is 2.88 bits per heavy atom. The highest BCUT2D eigenvalue weighted by Gasteiger charge is 2.06. The third-order valence-corrected chi connectivity index (χ3v) is 3.54. The fourth-order valence-electron chi connectivity index (χ4n) is 1.45. The second-order valence-corrected chi connectivity index (χ2v) is 4.65. The maximum Gasteiger partial charge on any atom is 0.269 e. The Morgan fingerprint density at radius 2 is 2.18 bits per heavy atom. The van der Waals surface area contributed by atoms with Gasteiger partial charge < -0.3 is 4.57 Å². The number of hydrogen-bond acceptors (Lipinski definition) is 3. The molecule has 0 atom stereocenters. The molecule has 0 saturated carbocycles. The first kappa shape index (κ1) is 12.3. The van der Waals surface area contributed by atoms with Gasteiger partial charge in [0.25, 0.3) is 5.56 Å². The summed E-state index contributed by atoms with van der Waals surface area (Å²) >= 11 is 8.84. The standard InChI is InChI=1S/C10H10BrClN4O/c11-8-9(12)14-7-16(10(8)17)4-1-3-15-5-2-13-6-15/h2,5-7H,1,3-4H2. The van der Waals surface area contributed by atoms with E-state index in [-0.39, 0.29) is 10.7 Å². The van der Waals surface area contributed by atoms with Crippen molar-refractivity contribution in [3.05, 3.63) is 45.0 Å². The summed E-state index contributed by atoms with van der Waals surface area (Å²) in [5.74, 6) is 0. The Morgan fingerprint density at radius 1 is 1.35 bits per heavy atom. The van der Waals surface area contributed by atoms with Crippen molar-refractivity contribution in [1.29, 1.82) is 0 Å². The number of halogens is 2. The lowest BCUT2D eigenvalue weighted by atomic mass is 10.4. The Kier molecular flexibility index (Phi) is 3.96. The van der Waals surface area contributed by atoms with Gasteiger partial charge in [-0.15, -0.1) is 0 Å². The molecule has 0 aromatic carbocycles. The van der Waals surface area contributed by atoms with Crippen molar-refractivity contribution in [2.24, 2.45) is 0 Å². The summed E-state index contributed by atoms with van der Waals surface area (Å²) in [4.78, 5) is 19.6. The average Bonchev–Trinajstić information content (AvgIpc) is 2.82. The molecule has 5 nitrogen and oxygen atoms in total. The van der Waals surface area contributed by atoms with Gasteiger partial charge >= 0.3 is 0 Å². The maximum atomic E-state index is 11.8. The van der Waals surface area contributed by atoms with Crippen molar-refractivity contribution in [1.82, 2.24) is 19.1 Å². The molecular formula is C10H10BrClN4O. The summed E-state index contributed by atoms with van der Waals surface area (Å²) in [6.07, 6.45) is 7.65. The molecule has 17 heavy (non-hydrogen) atoms. The van der Waals surface area contributed by atoms with Crippen LogP contribution < -0.4 is 5.56 Å². The Hall–Kier alpha value is -1.14. The summed E-state index contributed by atoms with van der Waals surface area (Å²) < 4.78 is 3.81. The zero-order chi connectivity index (χ0) is 12.3. The lowest BCUT2D eigenvalue weighted by Crippen LogP contribution is -2.22. The molecule has 0 N–H and O–H groups in total. The van der Waals surface area contributed by atoms with Crippen LogP contribution in [0.3, 0.4) is 0 Å². The van der Waals surface area contributed by atoms with Gasteiger partial charge in [-0.25, -0.2) is 9.97 Å². The minimum absolute atomic E-state index is 0.157. The Balaban J connectivity index is 2.00. The van der Waals surface area contributed by atoms with Crippen molar-refractivity contribution in [2.75, 3.05) is 0 Å². The molecule has 0 radical (unpaired) electrons. The van der Waals surface area contributed by atoms with Gasteiger partial charge in [-0.2, -0.15) is 0 Å². The summed E-state index contributed by atoms with van der Waals surface area (Å²) in [5, 5.41) is 0.195. The van der Waals surface area contributed by atoms with E-state index in [9.17, 15) is 4.79 Å². The van der Waals surface area contributed by atoms with E-state index in [1.54, 1.807) is 12.5 Å². The van der Waals surface area contributed by atoms with Gasteiger partial charge in [-0.1, -0.05) is 11.6 Å². The predicted octanol–water partition coefficient (Wildman–Crippen LogP) is 1.95. The second kappa shape index (κ2) is 5.46. The number of nitrogens with zero attached hydrogens (tertiary/aromatic N) is 4. The summed E-state index contributed by atoms with van der Waals surface area (Å²) in [5.41, 5.74) is -0.157. The molecule has 0 fully saturated rings. The van der Waals surface area contributed by atoms with E-state index in [0.29, 0.717) is 11.0 Å². The van der Waals surface area contributed by atoms with Crippen LogP contribution in [-0.4, -0.2) is 19.1 Å². The molecule has 0 unspecified atom stereocenters. The lowest BCUT2D eigenvalue weighted by molar-refractivity contribution is 0.546. The van der Waals surface area contributed by atoms with Crippen LogP contribution >= 0.6 is 27.5 Å². The fraction of sp³-hybridized carbons (Fsp3) is 0.300. The normalized spacial score (nSPS) is 10.7. The first-order chi connectivity index (χ1) is 8.18. The molecule has 90 valence electrons. The molecule has 0 saturated heterocycles. The molecule has 2 rings (SSSR count). The van der Waals surface area contributed by atoms with Gasteiger partial charge in [0.2, 0.25) is 0 Å². The molecule has 7 heteroatoms. The number of aromatic nitrogens is 4. The van der Waals surface area contributed by atoms with Gasteiger partial charge in [0.15, 0.2) is 5.15 Å². The molecule has 0 spiro atoms. The molecule has 0 bridgehead atoms. The van der Waals surface area contributed by atoms with Crippen molar-refractivity contribution in [3.8, 4) is 0 Å². The molecule has 2 aromatic rings. The van der Waals surface area contributed by atoms with Crippen molar-refractivity contribution < 1.29 is 0 Å².